The van der Waals surface area contributed by atoms with Crippen LogP contribution in [-0.4, -0.2) is 34.2 Å². The summed E-state index contributed by atoms with van der Waals surface area (Å²) in [6, 6.07) is 7.61. The smallest absolute Gasteiger partial charge is 0.434 e. The van der Waals surface area contributed by atoms with Crippen LogP contribution in [0.4, 0.5) is 13.2 Å². The van der Waals surface area contributed by atoms with Gasteiger partial charge in [-0.05, 0) is 56.4 Å². The third-order valence-corrected chi connectivity index (χ3v) is 6.64. The fourth-order valence-corrected chi connectivity index (χ4v) is 5.05. The van der Waals surface area contributed by atoms with Crippen molar-refractivity contribution in [3.63, 3.8) is 0 Å². The van der Waals surface area contributed by atoms with E-state index < -0.39 is 35.6 Å². The lowest BCUT2D eigenvalue weighted by molar-refractivity contribution is -0.145. The van der Waals surface area contributed by atoms with Crippen LogP contribution in [0, 0.1) is 13.8 Å². The highest BCUT2D eigenvalue weighted by Gasteiger charge is 2.49. The van der Waals surface area contributed by atoms with Crippen molar-refractivity contribution >= 4 is 28.8 Å². The molecular weight excluding hydrogens is 507 g/mol. The van der Waals surface area contributed by atoms with E-state index in [1.165, 1.54) is 11.2 Å². The van der Waals surface area contributed by atoms with E-state index in [9.17, 15) is 22.8 Å². The predicted octanol–water partition coefficient (Wildman–Crippen LogP) is 5.67. The minimum atomic E-state index is -4.90. The number of carbonyl (C=O) groups excluding carboxylic acids is 2. The van der Waals surface area contributed by atoms with E-state index in [1.54, 1.807) is 50.4 Å². The third kappa shape index (κ3) is 5.76. The van der Waals surface area contributed by atoms with Gasteiger partial charge >= 0.3 is 12.1 Å². The van der Waals surface area contributed by atoms with E-state index in [-0.39, 0.29) is 24.0 Å². The molecule has 1 unspecified atom stereocenters. The Bertz CT molecular complexity index is 1300. The van der Waals surface area contributed by atoms with E-state index in [4.69, 9.17) is 9.15 Å². The number of furan rings is 1. The Kier molecular flexibility index (Phi) is 7.54. The van der Waals surface area contributed by atoms with Gasteiger partial charge in [0, 0.05) is 5.70 Å². The number of alkyl halides is 3. The van der Waals surface area contributed by atoms with Crippen molar-refractivity contribution in [1.82, 2.24) is 10.2 Å². The highest BCUT2D eigenvalue weighted by Crippen LogP contribution is 2.48. The molecule has 2 aliphatic rings. The Morgan fingerprint density at radius 3 is 2.65 bits per heavy atom. The zero-order valence-electron chi connectivity index (χ0n) is 20.7. The standard InChI is InChI=1S/C26H26F3N3O4S/c1-14(2)36-24(34)21-22(19-10-15(3)7-8-16(19)4)32-17(11-20(33)30-12-18-6-5-9-35-18)13-37-25(32)31-23(21)26(27,28)29/h5-10,13-14,22H,11-12H2,1-4H3,(H,30,33). The van der Waals surface area contributed by atoms with Crippen molar-refractivity contribution < 1.29 is 31.9 Å². The summed E-state index contributed by atoms with van der Waals surface area (Å²) in [7, 11) is 0. The van der Waals surface area contributed by atoms with Gasteiger partial charge in [0.2, 0.25) is 5.91 Å². The van der Waals surface area contributed by atoms with Gasteiger partial charge in [-0.2, -0.15) is 13.2 Å². The molecule has 2 aromatic rings. The molecule has 0 aliphatic carbocycles. The number of halogens is 3. The number of carbonyl (C=O) groups is 2. The second kappa shape index (κ2) is 10.5. The van der Waals surface area contributed by atoms with Crippen molar-refractivity contribution in [2.45, 2.75) is 59.0 Å². The SMILES string of the molecule is Cc1ccc(C)c(C2C(C(=O)OC(C)C)=C(C(F)(F)F)N=C3SC=C(CC(=O)NCc4ccco4)N32)c1. The molecule has 37 heavy (non-hydrogen) atoms. The highest BCUT2D eigenvalue weighted by molar-refractivity contribution is 8.16. The molecule has 4 rings (SSSR count). The number of benzene rings is 1. The monoisotopic (exact) mass is 533 g/mol. The summed E-state index contributed by atoms with van der Waals surface area (Å²) in [5, 5.41) is 4.37. The lowest BCUT2D eigenvalue weighted by Gasteiger charge is -2.37. The number of esters is 1. The van der Waals surface area contributed by atoms with Gasteiger partial charge in [-0.3, -0.25) is 4.79 Å². The zero-order chi connectivity index (χ0) is 26.9. The summed E-state index contributed by atoms with van der Waals surface area (Å²) in [5.41, 5.74) is 0.509. The van der Waals surface area contributed by atoms with Gasteiger partial charge in [0.25, 0.3) is 0 Å². The highest BCUT2D eigenvalue weighted by atomic mass is 32.2. The van der Waals surface area contributed by atoms with E-state index >= 15 is 0 Å². The van der Waals surface area contributed by atoms with Crippen LogP contribution in [0.5, 0.6) is 0 Å². The van der Waals surface area contributed by atoms with Gasteiger partial charge in [0.15, 0.2) is 10.9 Å². The average molecular weight is 534 g/mol. The van der Waals surface area contributed by atoms with Crippen molar-refractivity contribution in [3.05, 3.63) is 81.4 Å². The van der Waals surface area contributed by atoms with Crippen molar-refractivity contribution in [2.75, 3.05) is 0 Å². The number of nitrogens with one attached hydrogen (secondary N) is 1. The summed E-state index contributed by atoms with van der Waals surface area (Å²) in [4.78, 5) is 31.4. The largest absolute Gasteiger partial charge is 0.467 e. The molecule has 7 nitrogen and oxygen atoms in total. The van der Waals surface area contributed by atoms with Crippen LogP contribution in [0.3, 0.4) is 0 Å². The average Bonchev–Trinajstić information content (AvgIpc) is 3.47. The molecular formula is C26H26F3N3O4S. The maximum absolute atomic E-state index is 14.3. The van der Waals surface area contributed by atoms with Crippen LogP contribution in [0.15, 0.2) is 68.4 Å². The summed E-state index contributed by atoms with van der Waals surface area (Å²) >= 11 is 0.977. The van der Waals surface area contributed by atoms with Crippen LogP contribution in [0.2, 0.25) is 0 Å². The number of hydrogen-bond donors (Lipinski definition) is 1. The van der Waals surface area contributed by atoms with Crippen molar-refractivity contribution in [3.8, 4) is 0 Å². The maximum atomic E-state index is 14.3. The summed E-state index contributed by atoms with van der Waals surface area (Å²) in [6.45, 7) is 6.88. The van der Waals surface area contributed by atoms with E-state index in [0.717, 1.165) is 17.3 Å². The lowest BCUT2D eigenvalue weighted by atomic mass is 9.89. The number of aliphatic imine (C=N–C) groups is 1. The molecule has 0 radical (unpaired) electrons. The number of nitrogens with zero attached hydrogens (tertiary/aromatic N) is 2. The molecule has 0 spiro atoms. The second-order valence-electron chi connectivity index (χ2n) is 9.00. The fraction of sp³-hybridized carbons (Fsp3) is 0.346. The number of aryl methyl sites for hydroxylation is 2. The Morgan fingerprint density at radius 2 is 2.00 bits per heavy atom. The van der Waals surface area contributed by atoms with Crippen LogP contribution in [0.25, 0.3) is 0 Å². The molecule has 0 fully saturated rings. The molecule has 1 amide bonds. The first-order valence-electron chi connectivity index (χ1n) is 11.6. The first-order valence-corrected chi connectivity index (χ1v) is 12.5. The number of ether oxygens (including phenoxy) is 1. The zero-order valence-corrected chi connectivity index (χ0v) is 21.5. The minimum Gasteiger partial charge on any atom is -0.467 e. The number of rotatable bonds is 7. The summed E-state index contributed by atoms with van der Waals surface area (Å²) in [6.07, 6.45) is -4.19. The number of amidine groups is 1. The van der Waals surface area contributed by atoms with E-state index in [1.807, 2.05) is 13.0 Å². The Labute approximate surface area is 216 Å². The van der Waals surface area contributed by atoms with Gasteiger partial charge in [-0.15, -0.1) is 0 Å². The number of amides is 1. The van der Waals surface area contributed by atoms with Crippen LogP contribution < -0.4 is 5.32 Å². The quantitative estimate of drug-likeness (QED) is 0.462. The van der Waals surface area contributed by atoms with Gasteiger partial charge in [-0.25, -0.2) is 9.79 Å². The molecule has 0 saturated carbocycles. The molecule has 2 aliphatic heterocycles. The topological polar surface area (TPSA) is 84.1 Å². The molecule has 3 heterocycles. The van der Waals surface area contributed by atoms with Crippen molar-refractivity contribution in [2.24, 2.45) is 4.99 Å². The normalized spacial score (nSPS) is 17.5. The number of thioether (sulfide) groups is 1. The van der Waals surface area contributed by atoms with E-state index in [0.29, 0.717) is 22.6 Å². The van der Waals surface area contributed by atoms with E-state index in [2.05, 4.69) is 10.3 Å². The first-order chi connectivity index (χ1) is 17.5. The molecule has 0 saturated heterocycles. The molecule has 196 valence electrons. The number of hydrogen-bond acceptors (Lipinski definition) is 7. The molecule has 11 heteroatoms. The lowest BCUT2D eigenvalue weighted by Crippen LogP contribution is -2.40. The predicted molar refractivity (Wildman–Crippen MR) is 133 cm³/mol. The van der Waals surface area contributed by atoms with Gasteiger partial charge in [0.1, 0.15) is 5.76 Å². The van der Waals surface area contributed by atoms with Crippen LogP contribution in [-0.2, 0) is 20.9 Å². The molecule has 1 aromatic heterocycles. The Morgan fingerprint density at radius 1 is 1.24 bits per heavy atom. The third-order valence-electron chi connectivity index (χ3n) is 5.75. The van der Waals surface area contributed by atoms with Crippen LogP contribution >= 0.6 is 11.8 Å². The van der Waals surface area contributed by atoms with Crippen molar-refractivity contribution in [1.29, 1.82) is 0 Å². The van der Waals surface area contributed by atoms with Gasteiger partial charge < -0.3 is 19.4 Å². The van der Waals surface area contributed by atoms with Crippen LogP contribution in [0.1, 0.15) is 48.8 Å². The maximum Gasteiger partial charge on any atom is 0.434 e. The number of allylic oxidation sites excluding steroid dienone is 1. The first kappa shape index (κ1) is 26.6. The Hall–Kier alpha value is -3.47. The molecule has 1 N–H and O–H groups in total. The second-order valence-corrected chi connectivity index (χ2v) is 9.84. The fourth-order valence-electron chi connectivity index (χ4n) is 4.13. The summed E-state index contributed by atoms with van der Waals surface area (Å²) in [5.74, 6) is -0.899. The minimum absolute atomic E-state index is 0.0353. The number of fused-ring (bicyclic) bond motifs is 1. The van der Waals surface area contributed by atoms with Gasteiger partial charge in [0.05, 0.1) is 36.9 Å². The van der Waals surface area contributed by atoms with Gasteiger partial charge in [-0.1, -0.05) is 35.5 Å². The Balaban J connectivity index is 1.77. The summed E-state index contributed by atoms with van der Waals surface area (Å²) < 4.78 is 53.3. The molecule has 1 atom stereocenters. The molecule has 0 bridgehead atoms. The molecule has 1 aromatic carbocycles.